The number of aromatic nitrogens is 1. The van der Waals surface area contributed by atoms with Crippen LogP contribution in [0.25, 0.3) is 10.9 Å². The number of nitrogens with zero attached hydrogens (tertiary/aromatic N) is 3. The molecule has 1 aromatic heterocycles. The van der Waals surface area contributed by atoms with E-state index < -0.39 is 0 Å². The van der Waals surface area contributed by atoms with Crippen molar-refractivity contribution in [3.63, 3.8) is 0 Å². The highest BCUT2D eigenvalue weighted by atomic mass is 79.9. The van der Waals surface area contributed by atoms with Gasteiger partial charge in [0, 0.05) is 46.3 Å². The van der Waals surface area contributed by atoms with Crippen LogP contribution in [0.4, 0.5) is 0 Å². The zero-order valence-electron chi connectivity index (χ0n) is 16.0. The molecule has 5 rings (SSSR count). The Morgan fingerprint density at radius 3 is 2.79 bits per heavy atom. The number of halogens is 1. The van der Waals surface area contributed by atoms with Gasteiger partial charge in [0.25, 0.3) is 0 Å². The second-order valence-corrected chi connectivity index (χ2v) is 8.88. The number of hydrogen-bond acceptors (Lipinski definition) is 3. The van der Waals surface area contributed by atoms with Gasteiger partial charge in [-0.3, -0.25) is 4.90 Å². The molecule has 2 aliphatic rings. The van der Waals surface area contributed by atoms with E-state index in [1.54, 1.807) is 0 Å². The SMILES string of the molecule is Cc1ccc2c(c1)c1c3n2CCN(C/C(=N/O)c2ccc(Br)cc2)C3CCC1. The van der Waals surface area contributed by atoms with Crippen LogP contribution in [0, 0.1) is 6.92 Å². The van der Waals surface area contributed by atoms with Gasteiger partial charge in [-0.2, -0.15) is 0 Å². The van der Waals surface area contributed by atoms with Crippen molar-refractivity contribution >= 4 is 32.5 Å². The lowest BCUT2D eigenvalue weighted by Gasteiger charge is -2.40. The lowest BCUT2D eigenvalue weighted by molar-refractivity contribution is 0.161. The number of hydrogen-bond donors (Lipinski definition) is 1. The number of benzene rings is 2. The Bertz CT molecular complexity index is 1070. The lowest BCUT2D eigenvalue weighted by atomic mass is 9.89. The molecule has 5 heteroatoms. The van der Waals surface area contributed by atoms with Gasteiger partial charge in [0.05, 0.1) is 6.04 Å². The minimum Gasteiger partial charge on any atom is -0.411 e. The van der Waals surface area contributed by atoms with Gasteiger partial charge in [-0.25, -0.2) is 0 Å². The van der Waals surface area contributed by atoms with Crippen LogP contribution >= 0.6 is 15.9 Å². The summed E-state index contributed by atoms with van der Waals surface area (Å²) in [6.07, 6.45) is 3.55. The molecule has 1 N–H and O–H groups in total. The molecule has 0 amide bonds. The molecular formula is C23H24BrN3O. The third-order valence-corrected chi connectivity index (χ3v) is 6.82. The summed E-state index contributed by atoms with van der Waals surface area (Å²) < 4.78 is 3.57. The zero-order chi connectivity index (χ0) is 19.3. The molecule has 0 saturated carbocycles. The average Bonchev–Trinajstić information content (AvgIpc) is 3.03. The van der Waals surface area contributed by atoms with E-state index in [1.165, 1.54) is 47.0 Å². The van der Waals surface area contributed by atoms with Crippen molar-refractivity contribution in [3.8, 4) is 0 Å². The van der Waals surface area contributed by atoms with Crippen molar-refractivity contribution in [3.05, 3.63) is 69.3 Å². The van der Waals surface area contributed by atoms with E-state index >= 15 is 0 Å². The van der Waals surface area contributed by atoms with Gasteiger partial charge in [-0.1, -0.05) is 44.8 Å². The standard InChI is InChI=1S/C23H24BrN3O/c1-15-5-10-21-19(13-15)18-3-2-4-22-23(18)27(21)12-11-26(22)14-20(25-28)16-6-8-17(24)9-7-16/h5-10,13,22,28H,2-4,11-12,14H2,1H3/b25-20-. The molecule has 1 aliphatic carbocycles. The first-order valence-corrected chi connectivity index (χ1v) is 10.8. The molecule has 0 radical (unpaired) electrons. The Morgan fingerprint density at radius 1 is 1.18 bits per heavy atom. The number of aryl methyl sites for hydroxylation is 2. The summed E-state index contributed by atoms with van der Waals surface area (Å²) in [6, 6.07) is 15.3. The van der Waals surface area contributed by atoms with Gasteiger partial charge in [0.1, 0.15) is 5.71 Å². The van der Waals surface area contributed by atoms with E-state index in [0.717, 1.165) is 28.8 Å². The summed E-state index contributed by atoms with van der Waals surface area (Å²) in [4.78, 5) is 2.50. The van der Waals surface area contributed by atoms with Crippen LogP contribution in [-0.4, -0.2) is 33.5 Å². The monoisotopic (exact) mass is 437 g/mol. The first-order chi connectivity index (χ1) is 13.7. The molecule has 3 aromatic rings. The quantitative estimate of drug-likeness (QED) is 0.343. The minimum atomic E-state index is 0.400. The number of oxime groups is 1. The van der Waals surface area contributed by atoms with Crippen LogP contribution < -0.4 is 0 Å². The smallest absolute Gasteiger partial charge is 0.101 e. The summed E-state index contributed by atoms with van der Waals surface area (Å²) >= 11 is 3.48. The summed E-state index contributed by atoms with van der Waals surface area (Å²) in [6.45, 7) is 4.81. The largest absolute Gasteiger partial charge is 0.411 e. The minimum absolute atomic E-state index is 0.400. The Morgan fingerprint density at radius 2 is 2.00 bits per heavy atom. The zero-order valence-corrected chi connectivity index (χ0v) is 17.6. The van der Waals surface area contributed by atoms with Crippen LogP contribution in [0.3, 0.4) is 0 Å². The van der Waals surface area contributed by atoms with Crippen molar-refractivity contribution in [2.24, 2.45) is 5.16 Å². The molecule has 1 unspecified atom stereocenters. The highest BCUT2D eigenvalue weighted by Gasteiger charge is 2.35. The van der Waals surface area contributed by atoms with Gasteiger partial charge in [0.2, 0.25) is 0 Å². The molecule has 144 valence electrons. The molecule has 2 heterocycles. The fourth-order valence-corrected chi connectivity index (χ4v) is 5.26. The van der Waals surface area contributed by atoms with Gasteiger partial charge < -0.3 is 9.77 Å². The maximum Gasteiger partial charge on any atom is 0.101 e. The second kappa shape index (κ2) is 7.05. The van der Waals surface area contributed by atoms with E-state index in [4.69, 9.17) is 0 Å². The molecule has 28 heavy (non-hydrogen) atoms. The second-order valence-electron chi connectivity index (χ2n) is 7.97. The van der Waals surface area contributed by atoms with E-state index in [0.29, 0.717) is 12.6 Å². The maximum absolute atomic E-state index is 9.69. The Hall–Kier alpha value is -2.11. The molecule has 0 saturated heterocycles. The van der Waals surface area contributed by atoms with Gasteiger partial charge in [0.15, 0.2) is 0 Å². The number of fused-ring (bicyclic) bond motifs is 3. The van der Waals surface area contributed by atoms with Crippen LogP contribution in [0.15, 0.2) is 52.1 Å². The van der Waals surface area contributed by atoms with Crippen molar-refractivity contribution in [1.29, 1.82) is 0 Å². The predicted molar refractivity (Wildman–Crippen MR) is 116 cm³/mol. The normalized spacial score (nSPS) is 19.8. The topological polar surface area (TPSA) is 40.8 Å². The summed E-state index contributed by atoms with van der Waals surface area (Å²) in [5, 5.41) is 14.8. The fourth-order valence-electron chi connectivity index (χ4n) is 5.00. The average molecular weight is 438 g/mol. The van der Waals surface area contributed by atoms with Crippen LogP contribution in [0.1, 0.15) is 41.3 Å². The fraction of sp³-hybridized carbons (Fsp3) is 0.348. The van der Waals surface area contributed by atoms with Gasteiger partial charge in [-0.05, 0) is 56.0 Å². The number of rotatable bonds is 3. The third kappa shape index (κ3) is 2.88. The molecular weight excluding hydrogens is 414 g/mol. The summed E-state index contributed by atoms with van der Waals surface area (Å²) in [5.74, 6) is 0. The molecule has 0 fully saturated rings. The molecule has 1 atom stereocenters. The molecule has 2 aromatic carbocycles. The summed E-state index contributed by atoms with van der Waals surface area (Å²) in [7, 11) is 0. The Kier molecular flexibility index (Phi) is 4.52. The van der Waals surface area contributed by atoms with Crippen LogP contribution in [0.5, 0.6) is 0 Å². The van der Waals surface area contributed by atoms with Gasteiger partial charge in [-0.15, -0.1) is 0 Å². The van der Waals surface area contributed by atoms with Crippen molar-refractivity contribution in [2.75, 3.05) is 13.1 Å². The molecule has 0 spiro atoms. The molecule has 4 nitrogen and oxygen atoms in total. The molecule has 0 bridgehead atoms. The highest BCUT2D eigenvalue weighted by Crippen LogP contribution is 2.42. The Labute approximate surface area is 173 Å². The first kappa shape index (κ1) is 18.0. The first-order valence-electron chi connectivity index (χ1n) is 9.98. The summed E-state index contributed by atoms with van der Waals surface area (Å²) in [5.41, 5.74) is 7.45. The highest BCUT2D eigenvalue weighted by molar-refractivity contribution is 9.10. The predicted octanol–water partition coefficient (Wildman–Crippen LogP) is 5.28. The van der Waals surface area contributed by atoms with E-state index in [2.05, 4.69) is 55.7 Å². The van der Waals surface area contributed by atoms with E-state index in [1.807, 2.05) is 24.3 Å². The lowest BCUT2D eigenvalue weighted by Crippen LogP contribution is -2.42. The van der Waals surface area contributed by atoms with Crippen LogP contribution in [0.2, 0.25) is 0 Å². The van der Waals surface area contributed by atoms with Crippen molar-refractivity contribution in [2.45, 2.75) is 38.8 Å². The van der Waals surface area contributed by atoms with E-state index in [9.17, 15) is 5.21 Å². The van der Waals surface area contributed by atoms with Crippen molar-refractivity contribution < 1.29 is 5.21 Å². The van der Waals surface area contributed by atoms with E-state index in [-0.39, 0.29) is 0 Å². The van der Waals surface area contributed by atoms with Crippen LogP contribution in [-0.2, 0) is 13.0 Å². The third-order valence-electron chi connectivity index (χ3n) is 6.29. The van der Waals surface area contributed by atoms with Gasteiger partial charge >= 0.3 is 0 Å². The van der Waals surface area contributed by atoms with Crippen molar-refractivity contribution in [1.82, 2.24) is 9.47 Å². The molecule has 1 aliphatic heterocycles. The Balaban J connectivity index is 1.51. The maximum atomic E-state index is 9.69.